The Bertz CT molecular complexity index is 361. The molecule has 0 bridgehead atoms. The molecule has 1 unspecified atom stereocenters. The van der Waals surface area contributed by atoms with Crippen molar-refractivity contribution < 1.29 is 14.3 Å². The van der Waals surface area contributed by atoms with Gasteiger partial charge in [0.15, 0.2) is 0 Å². The molecule has 1 atom stereocenters. The molecular weight excluding hydrogens is 268 g/mol. The van der Waals surface area contributed by atoms with Crippen LogP contribution in [0.2, 0.25) is 0 Å². The summed E-state index contributed by atoms with van der Waals surface area (Å²) in [7, 11) is 0. The Labute approximate surface area is 128 Å². The maximum absolute atomic E-state index is 12.2. The number of ether oxygens (including phenoxy) is 1. The normalized spacial score (nSPS) is 20.1. The molecule has 0 spiro atoms. The van der Waals surface area contributed by atoms with Crippen molar-refractivity contribution in [1.29, 1.82) is 0 Å². The third kappa shape index (κ3) is 7.34. The SMILES string of the molecule is CC(C)CC(=O)NC1CCCCN(C(=O)OC(C)(C)C)C1. The minimum absolute atomic E-state index is 0.0336. The number of likely N-dealkylation sites (tertiary alicyclic amines) is 1. The van der Waals surface area contributed by atoms with E-state index in [1.54, 1.807) is 4.90 Å². The minimum atomic E-state index is -0.486. The zero-order valence-electron chi connectivity index (χ0n) is 14.1. The van der Waals surface area contributed by atoms with Crippen LogP contribution in [0.4, 0.5) is 4.79 Å². The summed E-state index contributed by atoms with van der Waals surface area (Å²) in [6.45, 7) is 10.9. The molecule has 2 amide bonds. The first-order valence-electron chi connectivity index (χ1n) is 7.94. The number of carbonyl (C=O) groups is 2. The van der Waals surface area contributed by atoms with Crippen molar-refractivity contribution in [2.24, 2.45) is 5.92 Å². The molecule has 0 aromatic heterocycles. The monoisotopic (exact) mass is 298 g/mol. The zero-order chi connectivity index (χ0) is 16.0. The number of hydrogen-bond acceptors (Lipinski definition) is 3. The summed E-state index contributed by atoms with van der Waals surface area (Å²) in [5.74, 6) is 0.416. The Hall–Kier alpha value is -1.26. The van der Waals surface area contributed by atoms with Gasteiger partial charge in [0, 0.05) is 25.6 Å². The second-order valence-electron chi connectivity index (χ2n) is 7.28. The van der Waals surface area contributed by atoms with E-state index in [2.05, 4.69) is 5.32 Å². The van der Waals surface area contributed by atoms with Crippen molar-refractivity contribution in [3.05, 3.63) is 0 Å². The van der Waals surface area contributed by atoms with Crippen molar-refractivity contribution in [3.8, 4) is 0 Å². The second-order valence-corrected chi connectivity index (χ2v) is 7.28. The second kappa shape index (κ2) is 7.66. The molecule has 122 valence electrons. The topological polar surface area (TPSA) is 58.6 Å². The van der Waals surface area contributed by atoms with Gasteiger partial charge in [-0.25, -0.2) is 4.79 Å². The highest BCUT2D eigenvalue weighted by Crippen LogP contribution is 2.15. The molecule has 21 heavy (non-hydrogen) atoms. The molecule has 5 heteroatoms. The lowest BCUT2D eigenvalue weighted by Gasteiger charge is -2.28. The Kier molecular flexibility index (Phi) is 6.49. The largest absolute Gasteiger partial charge is 0.444 e. The number of hydrogen-bond donors (Lipinski definition) is 1. The van der Waals surface area contributed by atoms with Gasteiger partial charge < -0.3 is 15.0 Å². The van der Waals surface area contributed by atoms with Gasteiger partial charge in [-0.3, -0.25) is 4.79 Å². The van der Waals surface area contributed by atoms with E-state index < -0.39 is 5.60 Å². The average Bonchev–Trinajstić information content (AvgIpc) is 2.51. The third-order valence-corrected chi connectivity index (χ3v) is 3.28. The molecule has 0 radical (unpaired) electrons. The van der Waals surface area contributed by atoms with Gasteiger partial charge in [-0.05, 0) is 46.0 Å². The fourth-order valence-electron chi connectivity index (χ4n) is 2.41. The van der Waals surface area contributed by atoms with Crippen LogP contribution in [0.3, 0.4) is 0 Å². The summed E-state index contributed by atoms with van der Waals surface area (Å²) in [4.78, 5) is 25.8. The third-order valence-electron chi connectivity index (χ3n) is 3.28. The van der Waals surface area contributed by atoms with Crippen LogP contribution in [0.25, 0.3) is 0 Å². The summed E-state index contributed by atoms with van der Waals surface area (Å²) in [5.41, 5.74) is -0.486. The number of rotatable bonds is 3. The lowest BCUT2D eigenvalue weighted by molar-refractivity contribution is -0.122. The van der Waals surface area contributed by atoms with E-state index in [9.17, 15) is 9.59 Å². The van der Waals surface area contributed by atoms with Crippen LogP contribution in [0, 0.1) is 5.92 Å². The van der Waals surface area contributed by atoms with E-state index in [1.165, 1.54) is 0 Å². The maximum Gasteiger partial charge on any atom is 0.410 e. The molecule has 0 saturated carbocycles. The molecule has 1 fully saturated rings. The maximum atomic E-state index is 12.2. The van der Waals surface area contributed by atoms with Crippen LogP contribution in [0.1, 0.15) is 60.3 Å². The predicted molar refractivity (Wildman–Crippen MR) is 83.0 cm³/mol. The highest BCUT2D eigenvalue weighted by Gasteiger charge is 2.27. The zero-order valence-corrected chi connectivity index (χ0v) is 14.1. The molecule has 1 N–H and O–H groups in total. The molecular formula is C16H30N2O3. The molecule has 1 heterocycles. The van der Waals surface area contributed by atoms with Crippen molar-refractivity contribution in [1.82, 2.24) is 10.2 Å². The molecule has 1 rings (SSSR count). The highest BCUT2D eigenvalue weighted by molar-refractivity contribution is 5.76. The van der Waals surface area contributed by atoms with Gasteiger partial charge in [-0.1, -0.05) is 13.8 Å². The van der Waals surface area contributed by atoms with E-state index in [1.807, 2.05) is 34.6 Å². The Morgan fingerprint density at radius 1 is 1.29 bits per heavy atom. The van der Waals surface area contributed by atoms with Crippen molar-refractivity contribution in [2.45, 2.75) is 71.9 Å². The average molecular weight is 298 g/mol. The van der Waals surface area contributed by atoms with E-state index in [0.717, 1.165) is 19.3 Å². The van der Waals surface area contributed by atoms with Crippen LogP contribution in [-0.4, -0.2) is 41.6 Å². The van der Waals surface area contributed by atoms with Crippen LogP contribution in [-0.2, 0) is 9.53 Å². The quantitative estimate of drug-likeness (QED) is 0.871. The molecule has 1 saturated heterocycles. The Morgan fingerprint density at radius 3 is 2.52 bits per heavy atom. The molecule has 1 aliphatic rings. The molecule has 0 aliphatic carbocycles. The van der Waals surface area contributed by atoms with Gasteiger partial charge in [-0.15, -0.1) is 0 Å². The molecule has 0 aromatic rings. The summed E-state index contributed by atoms with van der Waals surface area (Å²) in [5, 5.41) is 3.05. The van der Waals surface area contributed by atoms with Crippen LogP contribution >= 0.6 is 0 Å². The van der Waals surface area contributed by atoms with E-state index in [-0.39, 0.29) is 18.0 Å². The number of carbonyl (C=O) groups excluding carboxylic acids is 2. The lowest BCUT2D eigenvalue weighted by atomic mass is 10.1. The van der Waals surface area contributed by atoms with Gasteiger partial charge in [0.1, 0.15) is 5.60 Å². The van der Waals surface area contributed by atoms with Crippen LogP contribution < -0.4 is 5.32 Å². The van der Waals surface area contributed by atoms with Crippen molar-refractivity contribution in [3.63, 3.8) is 0 Å². The molecule has 1 aliphatic heterocycles. The van der Waals surface area contributed by atoms with E-state index in [4.69, 9.17) is 4.74 Å². The van der Waals surface area contributed by atoms with Crippen LogP contribution in [0.15, 0.2) is 0 Å². The molecule has 5 nitrogen and oxygen atoms in total. The first kappa shape index (κ1) is 17.8. The Balaban J connectivity index is 2.56. The Morgan fingerprint density at radius 2 is 1.95 bits per heavy atom. The van der Waals surface area contributed by atoms with Gasteiger partial charge >= 0.3 is 6.09 Å². The lowest BCUT2D eigenvalue weighted by Crippen LogP contribution is -2.46. The first-order valence-corrected chi connectivity index (χ1v) is 7.94. The summed E-state index contributed by atoms with van der Waals surface area (Å²) in [6.07, 6.45) is 3.14. The summed E-state index contributed by atoms with van der Waals surface area (Å²) in [6, 6.07) is 0.0336. The van der Waals surface area contributed by atoms with Gasteiger partial charge in [0.2, 0.25) is 5.91 Å². The van der Waals surface area contributed by atoms with E-state index in [0.29, 0.717) is 25.4 Å². The number of amides is 2. The van der Waals surface area contributed by atoms with Crippen molar-refractivity contribution in [2.75, 3.05) is 13.1 Å². The fourth-order valence-corrected chi connectivity index (χ4v) is 2.41. The first-order chi connectivity index (χ1) is 9.67. The number of nitrogens with one attached hydrogen (secondary N) is 1. The van der Waals surface area contributed by atoms with Gasteiger partial charge in [0.05, 0.1) is 0 Å². The van der Waals surface area contributed by atoms with Crippen molar-refractivity contribution >= 4 is 12.0 Å². The van der Waals surface area contributed by atoms with Gasteiger partial charge in [-0.2, -0.15) is 0 Å². The summed E-state index contributed by atoms with van der Waals surface area (Å²) < 4.78 is 5.42. The van der Waals surface area contributed by atoms with Gasteiger partial charge in [0.25, 0.3) is 0 Å². The molecule has 0 aromatic carbocycles. The standard InChI is InChI=1S/C16H30N2O3/c1-12(2)10-14(19)17-13-8-6-7-9-18(11-13)15(20)21-16(3,4)5/h12-13H,6-11H2,1-5H3,(H,17,19). The van der Waals surface area contributed by atoms with Crippen LogP contribution in [0.5, 0.6) is 0 Å². The minimum Gasteiger partial charge on any atom is -0.444 e. The fraction of sp³-hybridized carbons (Fsp3) is 0.875. The van der Waals surface area contributed by atoms with E-state index >= 15 is 0 Å². The summed E-state index contributed by atoms with van der Waals surface area (Å²) >= 11 is 0. The number of nitrogens with zero attached hydrogens (tertiary/aromatic N) is 1. The highest BCUT2D eigenvalue weighted by atomic mass is 16.6. The predicted octanol–water partition coefficient (Wildman–Crippen LogP) is 2.94. The smallest absolute Gasteiger partial charge is 0.410 e.